The van der Waals surface area contributed by atoms with Gasteiger partial charge in [-0.05, 0) is 12.5 Å². The number of carbonyl (C=O) groups excluding carboxylic acids is 1. The number of Topliss-reactive ketones (excluding diaryl/α,β-unsaturated/α-hetero) is 1. The van der Waals surface area contributed by atoms with Gasteiger partial charge in [0.25, 0.3) is 5.69 Å². The summed E-state index contributed by atoms with van der Waals surface area (Å²) in [6, 6.07) is 4.72. The molecule has 0 aliphatic heterocycles. The van der Waals surface area contributed by atoms with Gasteiger partial charge in [0.05, 0.1) is 9.75 Å². The van der Waals surface area contributed by atoms with E-state index in [0.29, 0.717) is 16.5 Å². The first-order valence-electron chi connectivity index (χ1n) is 4.45. The van der Waals surface area contributed by atoms with Crippen LogP contribution in [0.2, 0.25) is 0 Å². The molecule has 16 heavy (non-hydrogen) atoms. The van der Waals surface area contributed by atoms with Crippen molar-refractivity contribution in [3.63, 3.8) is 0 Å². The van der Waals surface area contributed by atoms with Crippen LogP contribution in [0.5, 0.6) is 0 Å². The summed E-state index contributed by atoms with van der Waals surface area (Å²) in [5.74, 6) is -0.0808. The van der Waals surface area contributed by atoms with Gasteiger partial charge in [-0.15, -0.1) is 0 Å². The lowest BCUT2D eigenvalue weighted by Crippen LogP contribution is -2.06. The summed E-state index contributed by atoms with van der Waals surface area (Å²) >= 11 is 6.44. The molecule has 1 atom stereocenters. The van der Waals surface area contributed by atoms with E-state index in [1.165, 1.54) is 13.0 Å². The van der Waals surface area contributed by atoms with Crippen molar-refractivity contribution in [1.29, 1.82) is 0 Å². The number of ketones is 1. The molecule has 1 unspecified atom stereocenters. The van der Waals surface area contributed by atoms with E-state index in [2.05, 4.69) is 31.9 Å². The minimum atomic E-state index is -0.500. The maximum absolute atomic E-state index is 11.3. The third kappa shape index (κ3) is 2.68. The molecule has 6 heteroatoms. The van der Waals surface area contributed by atoms with Gasteiger partial charge in [0.2, 0.25) is 0 Å². The predicted molar refractivity (Wildman–Crippen MR) is 68.1 cm³/mol. The van der Waals surface area contributed by atoms with Crippen molar-refractivity contribution in [3.8, 4) is 0 Å². The zero-order valence-corrected chi connectivity index (χ0v) is 11.6. The van der Waals surface area contributed by atoms with Crippen molar-refractivity contribution in [2.75, 3.05) is 0 Å². The molecule has 0 spiro atoms. The van der Waals surface area contributed by atoms with Gasteiger partial charge in [-0.2, -0.15) is 0 Å². The number of hydrogen-bond donors (Lipinski definition) is 0. The van der Waals surface area contributed by atoms with E-state index < -0.39 is 9.75 Å². The van der Waals surface area contributed by atoms with Gasteiger partial charge in [0, 0.05) is 17.0 Å². The lowest BCUT2D eigenvalue weighted by Gasteiger charge is -2.11. The SMILES string of the molecule is CC(=O)C(Br)c1cccc([N+](=O)[O-])c1CBr. The Labute approximate surface area is 109 Å². The quantitative estimate of drug-likeness (QED) is 0.474. The highest BCUT2D eigenvalue weighted by Crippen LogP contribution is 2.33. The molecule has 0 radical (unpaired) electrons. The molecule has 0 bridgehead atoms. The Kier molecular flexibility index (Phi) is 4.61. The fourth-order valence-electron chi connectivity index (χ4n) is 1.37. The molecule has 1 aromatic rings. The molecular weight excluding hydrogens is 342 g/mol. The van der Waals surface area contributed by atoms with Crippen LogP contribution < -0.4 is 0 Å². The number of alkyl halides is 2. The van der Waals surface area contributed by atoms with Crippen LogP contribution in [0.25, 0.3) is 0 Å². The predicted octanol–water partition coefficient (Wildman–Crippen LogP) is 3.51. The normalized spacial score (nSPS) is 12.2. The average molecular weight is 351 g/mol. The van der Waals surface area contributed by atoms with Crippen LogP contribution in [0.15, 0.2) is 18.2 Å². The molecule has 86 valence electrons. The molecule has 1 rings (SSSR count). The van der Waals surface area contributed by atoms with E-state index in [1.807, 2.05) is 0 Å². The van der Waals surface area contributed by atoms with Gasteiger partial charge >= 0.3 is 0 Å². The smallest absolute Gasteiger partial charge is 0.273 e. The van der Waals surface area contributed by atoms with Crippen LogP contribution in [0.3, 0.4) is 0 Å². The summed E-state index contributed by atoms with van der Waals surface area (Å²) in [6.45, 7) is 1.44. The maximum Gasteiger partial charge on any atom is 0.273 e. The minimum absolute atomic E-state index is 0.0278. The lowest BCUT2D eigenvalue weighted by molar-refractivity contribution is -0.385. The zero-order valence-electron chi connectivity index (χ0n) is 8.44. The number of nitro benzene ring substituents is 1. The number of nitro groups is 1. The maximum atomic E-state index is 11.3. The van der Waals surface area contributed by atoms with Crippen LogP contribution in [-0.2, 0) is 10.1 Å². The fourth-order valence-corrected chi connectivity index (χ4v) is 2.41. The third-order valence-corrected chi connectivity index (χ3v) is 3.85. The van der Waals surface area contributed by atoms with Crippen molar-refractivity contribution in [2.45, 2.75) is 17.1 Å². The van der Waals surface area contributed by atoms with Crippen molar-refractivity contribution >= 4 is 43.3 Å². The number of rotatable bonds is 4. The van der Waals surface area contributed by atoms with E-state index in [4.69, 9.17) is 0 Å². The first-order chi connectivity index (χ1) is 7.49. The van der Waals surface area contributed by atoms with Crippen LogP contribution in [0.4, 0.5) is 5.69 Å². The lowest BCUT2D eigenvalue weighted by atomic mass is 10.0. The Morgan fingerprint density at radius 1 is 1.56 bits per heavy atom. The second-order valence-electron chi connectivity index (χ2n) is 3.21. The Balaban J connectivity index is 3.34. The highest BCUT2D eigenvalue weighted by atomic mass is 79.9. The average Bonchev–Trinajstić information content (AvgIpc) is 2.26. The van der Waals surface area contributed by atoms with Gasteiger partial charge in [0.15, 0.2) is 0 Å². The molecule has 0 fully saturated rings. The Morgan fingerprint density at radius 3 is 2.62 bits per heavy atom. The number of hydrogen-bond acceptors (Lipinski definition) is 3. The summed E-state index contributed by atoms with van der Waals surface area (Å²) in [6.07, 6.45) is 0. The van der Waals surface area contributed by atoms with Crippen molar-refractivity contribution in [1.82, 2.24) is 0 Å². The minimum Gasteiger partial charge on any atom is -0.298 e. The molecule has 4 nitrogen and oxygen atoms in total. The van der Waals surface area contributed by atoms with Crippen LogP contribution >= 0.6 is 31.9 Å². The first kappa shape index (κ1) is 13.3. The third-order valence-electron chi connectivity index (χ3n) is 2.15. The van der Waals surface area contributed by atoms with E-state index in [-0.39, 0.29) is 11.5 Å². The van der Waals surface area contributed by atoms with E-state index in [0.717, 1.165) is 0 Å². The van der Waals surface area contributed by atoms with Gasteiger partial charge < -0.3 is 0 Å². The fraction of sp³-hybridized carbons (Fsp3) is 0.300. The van der Waals surface area contributed by atoms with Crippen LogP contribution in [0.1, 0.15) is 22.9 Å². The number of halogens is 2. The molecule has 0 N–H and O–H groups in total. The molecule has 0 amide bonds. The van der Waals surface area contributed by atoms with Gasteiger partial charge in [-0.3, -0.25) is 14.9 Å². The number of carbonyl (C=O) groups is 1. The Morgan fingerprint density at radius 2 is 2.19 bits per heavy atom. The molecule has 1 aromatic carbocycles. The van der Waals surface area contributed by atoms with E-state index in [9.17, 15) is 14.9 Å². The second-order valence-corrected chi connectivity index (χ2v) is 4.69. The van der Waals surface area contributed by atoms with Crippen molar-refractivity contribution in [3.05, 3.63) is 39.4 Å². The van der Waals surface area contributed by atoms with Crippen LogP contribution in [0, 0.1) is 10.1 Å². The second kappa shape index (κ2) is 5.54. The molecule has 0 saturated carbocycles. The topological polar surface area (TPSA) is 60.2 Å². The van der Waals surface area contributed by atoms with Gasteiger partial charge in [-0.1, -0.05) is 44.0 Å². The molecular formula is C10H9Br2NO3. The Hall–Kier alpha value is -0.750. The monoisotopic (exact) mass is 349 g/mol. The largest absolute Gasteiger partial charge is 0.298 e. The summed E-state index contributed by atoms with van der Waals surface area (Å²) < 4.78 is 0. The summed E-state index contributed by atoms with van der Waals surface area (Å²) in [5.41, 5.74) is 1.20. The first-order valence-corrected chi connectivity index (χ1v) is 6.49. The summed E-state index contributed by atoms with van der Waals surface area (Å²) in [7, 11) is 0. The molecule has 0 saturated heterocycles. The van der Waals surface area contributed by atoms with Gasteiger partial charge in [0.1, 0.15) is 5.78 Å². The summed E-state index contributed by atoms with van der Waals surface area (Å²) in [5, 5.41) is 11.2. The molecule has 0 heterocycles. The number of benzene rings is 1. The molecule has 0 aliphatic carbocycles. The van der Waals surface area contributed by atoms with Crippen molar-refractivity contribution < 1.29 is 9.72 Å². The van der Waals surface area contributed by atoms with E-state index >= 15 is 0 Å². The van der Waals surface area contributed by atoms with Crippen molar-refractivity contribution in [2.24, 2.45) is 0 Å². The highest BCUT2D eigenvalue weighted by molar-refractivity contribution is 9.09. The molecule has 0 aromatic heterocycles. The van der Waals surface area contributed by atoms with Crippen LogP contribution in [-0.4, -0.2) is 10.7 Å². The number of nitrogens with zero attached hydrogens (tertiary/aromatic N) is 1. The molecule has 0 aliphatic rings. The van der Waals surface area contributed by atoms with E-state index in [1.54, 1.807) is 12.1 Å². The van der Waals surface area contributed by atoms with Gasteiger partial charge in [-0.25, -0.2) is 0 Å². The summed E-state index contributed by atoms with van der Waals surface area (Å²) in [4.78, 5) is 21.1. The highest BCUT2D eigenvalue weighted by Gasteiger charge is 2.22. The zero-order chi connectivity index (χ0) is 12.3. The standard InChI is InChI=1S/C10H9Br2NO3/c1-6(14)10(12)7-3-2-4-9(13(15)16)8(7)5-11/h2-4,10H,5H2,1H3. The Bertz CT molecular complexity index is 434.